The number of hydrogen-bond acceptors (Lipinski definition) is 12. The molecule has 176 valence electrons. The molecule has 1 aliphatic rings. The van der Waals surface area contributed by atoms with Crippen LogP contribution in [0.4, 0.5) is 29.2 Å². The number of rotatable bonds is 8. The monoisotopic (exact) mass is 466 g/mol. The lowest BCUT2D eigenvalue weighted by atomic mass is 10.2. The van der Waals surface area contributed by atoms with Crippen molar-refractivity contribution in [2.24, 2.45) is 5.10 Å². The van der Waals surface area contributed by atoms with Crippen LogP contribution in [0.3, 0.4) is 0 Å². The van der Waals surface area contributed by atoms with Gasteiger partial charge in [-0.2, -0.15) is 20.1 Å². The molecule has 0 amide bonds. The van der Waals surface area contributed by atoms with Crippen LogP contribution in [0.1, 0.15) is 5.56 Å². The largest absolute Gasteiger partial charge is 0.504 e. The molecule has 1 saturated heterocycles. The van der Waals surface area contributed by atoms with Crippen molar-refractivity contribution in [2.45, 2.75) is 0 Å². The highest BCUT2D eigenvalue weighted by atomic mass is 16.6. The van der Waals surface area contributed by atoms with Gasteiger partial charge in [-0.25, -0.2) is 5.43 Å². The summed E-state index contributed by atoms with van der Waals surface area (Å²) in [5.41, 5.74) is 3.75. The van der Waals surface area contributed by atoms with Crippen molar-refractivity contribution in [3.63, 3.8) is 0 Å². The van der Waals surface area contributed by atoms with E-state index >= 15 is 0 Å². The van der Waals surface area contributed by atoms with Crippen LogP contribution in [0, 0.1) is 10.1 Å². The van der Waals surface area contributed by atoms with E-state index in [9.17, 15) is 15.2 Å². The zero-order valence-corrected chi connectivity index (χ0v) is 18.2. The molecule has 0 unspecified atom stereocenters. The number of aromatic hydroxyl groups is 1. The Morgan fingerprint density at radius 2 is 1.88 bits per heavy atom. The molecule has 0 aliphatic carbocycles. The fourth-order valence-electron chi connectivity index (χ4n) is 3.14. The Kier molecular flexibility index (Phi) is 6.93. The molecule has 0 saturated carbocycles. The van der Waals surface area contributed by atoms with E-state index in [1.165, 1.54) is 25.5 Å². The standard InChI is InChI=1S/C21H22N8O5/c1-33-17-4-2-3-14(18(17)30)13-22-27-20-24-19(23-15-5-7-16(8-6-15)29(31)32)25-21(26-20)28-9-11-34-12-10-28/h2-8,13,30H,9-12H2,1H3,(H2,23,24,25,26,27)/b22-13+. The lowest BCUT2D eigenvalue weighted by Gasteiger charge is -2.27. The summed E-state index contributed by atoms with van der Waals surface area (Å²) >= 11 is 0. The topological polar surface area (TPSA) is 160 Å². The van der Waals surface area contributed by atoms with Crippen LogP contribution in [-0.2, 0) is 4.74 Å². The third-order valence-corrected chi connectivity index (χ3v) is 4.87. The first-order chi connectivity index (χ1) is 16.5. The van der Waals surface area contributed by atoms with Crippen LogP contribution in [0.25, 0.3) is 0 Å². The predicted octanol–water partition coefficient (Wildman–Crippen LogP) is 2.52. The summed E-state index contributed by atoms with van der Waals surface area (Å²) in [6, 6.07) is 10.9. The van der Waals surface area contributed by atoms with Crippen molar-refractivity contribution >= 4 is 35.4 Å². The summed E-state index contributed by atoms with van der Waals surface area (Å²) in [6.45, 7) is 2.32. The van der Waals surface area contributed by atoms with Gasteiger partial charge in [0.05, 0.1) is 31.5 Å². The van der Waals surface area contributed by atoms with Crippen molar-refractivity contribution < 1.29 is 19.5 Å². The van der Waals surface area contributed by atoms with Gasteiger partial charge in [-0.3, -0.25) is 10.1 Å². The second-order valence-corrected chi connectivity index (χ2v) is 7.08. The van der Waals surface area contributed by atoms with Gasteiger partial charge in [-0.05, 0) is 24.3 Å². The van der Waals surface area contributed by atoms with E-state index in [-0.39, 0.29) is 23.3 Å². The minimum atomic E-state index is -0.469. The van der Waals surface area contributed by atoms with Crippen molar-refractivity contribution in [3.8, 4) is 11.5 Å². The molecule has 0 atom stereocenters. The summed E-state index contributed by atoms with van der Waals surface area (Å²) in [6.07, 6.45) is 1.42. The zero-order chi connectivity index (χ0) is 23.9. The maximum absolute atomic E-state index is 10.9. The van der Waals surface area contributed by atoms with E-state index in [2.05, 4.69) is 30.8 Å². The minimum Gasteiger partial charge on any atom is -0.504 e. The molecule has 34 heavy (non-hydrogen) atoms. The number of nitro groups is 1. The molecule has 0 radical (unpaired) electrons. The molecule has 0 bridgehead atoms. The van der Waals surface area contributed by atoms with E-state index in [1.54, 1.807) is 30.3 Å². The average molecular weight is 466 g/mol. The molecular formula is C21H22N8O5. The Hall–Kier alpha value is -4.52. The van der Waals surface area contributed by atoms with Crippen molar-refractivity contribution in [1.82, 2.24) is 15.0 Å². The van der Waals surface area contributed by atoms with Gasteiger partial charge in [-0.1, -0.05) is 6.07 Å². The first-order valence-corrected chi connectivity index (χ1v) is 10.3. The number of hydrazone groups is 1. The molecule has 4 rings (SSSR count). The number of aromatic nitrogens is 3. The van der Waals surface area contributed by atoms with Crippen molar-refractivity contribution in [2.75, 3.05) is 49.1 Å². The van der Waals surface area contributed by atoms with E-state index in [4.69, 9.17) is 9.47 Å². The third kappa shape index (κ3) is 5.45. The van der Waals surface area contributed by atoms with Gasteiger partial charge < -0.3 is 24.8 Å². The number of nitrogens with zero attached hydrogens (tertiary/aromatic N) is 6. The van der Waals surface area contributed by atoms with E-state index in [1.807, 2.05) is 4.90 Å². The first-order valence-electron chi connectivity index (χ1n) is 10.3. The second kappa shape index (κ2) is 10.4. The Morgan fingerprint density at radius 1 is 1.15 bits per heavy atom. The summed E-state index contributed by atoms with van der Waals surface area (Å²) in [4.78, 5) is 25.6. The number of nitro benzene ring substituents is 1. The maximum Gasteiger partial charge on any atom is 0.269 e. The first kappa shape index (κ1) is 22.7. The minimum absolute atomic E-state index is 0.0207. The van der Waals surface area contributed by atoms with Gasteiger partial charge in [0.25, 0.3) is 5.69 Å². The number of phenols is 1. The van der Waals surface area contributed by atoms with Crippen molar-refractivity contribution in [3.05, 3.63) is 58.1 Å². The number of methoxy groups -OCH3 is 1. The number of hydrogen-bond donors (Lipinski definition) is 3. The van der Waals surface area contributed by atoms with Crippen LogP contribution < -0.4 is 20.4 Å². The van der Waals surface area contributed by atoms with Gasteiger partial charge in [-0.15, -0.1) is 0 Å². The summed E-state index contributed by atoms with van der Waals surface area (Å²) < 4.78 is 10.5. The smallest absolute Gasteiger partial charge is 0.269 e. The zero-order valence-electron chi connectivity index (χ0n) is 18.2. The van der Waals surface area contributed by atoms with Gasteiger partial charge in [0.15, 0.2) is 11.5 Å². The molecule has 1 aromatic heterocycles. The summed E-state index contributed by atoms with van der Waals surface area (Å²) in [5.74, 6) is 1.10. The van der Waals surface area contributed by atoms with Crippen LogP contribution >= 0.6 is 0 Å². The predicted molar refractivity (Wildman–Crippen MR) is 125 cm³/mol. The van der Waals surface area contributed by atoms with E-state index in [0.29, 0.717) is 49.3 Å². The molecule has 13 heteroatoms. The lowest BCUT2D eigenvalue weighted by Crippen LogP contribution is -2.37. The highest BCUT2D eigenvalue weighted by molar-refractivity contribution is 5.85. The SMILES string of the molecule is COc1cccc(/C=N/Nc2nc(Nc3ccc([N+](=O)[O-])cc3)nc(N3CCOCC3)n2)c1O. The number of phenolic OH excluding ortho intramolecular Hbond substituents is 1. The van der Waals surface area contributed by atoms with E-state index < -0.39 is 4.92 Å². The van der Waals surface area contributed by atoms with Crippen molar-refractivity contribution in [1.29, 1.82) is 0 Å². The Balaban J connectivity index is 1.57. The molecule has 1 aliphatic heterocycles. The normalized spacial score (nSPS) is 13.6. The highest BCUT2D eigenvalue weighted by Crippen LogP contribution is 2.28. The van der Waals surface area contributed by atoms with Gasteiger partial charge in [0, 0.05) is 36.5 Å². The highest BCUT2D eigenvalue weighted by Gasteiger charge is 2.17. The fraction of sp³-hybridized carbons (Fsp3) is 0.238. The molecule has 2 heterocycles. The molecule has 3 N–H and O–H groups in total. The maximum atomic E-state index is 10.9. The molecule has 3 aromatic rings. The number of nitrogens with one attached hydrogen (secondary N) is 2. The lowest BCUT2D eigenvalue weighted by molar-refractivity contribution is -0.384. The van der Waals surface area contributed by atoms with Gasteiger partial charge >= 0.3 is 0 Å². The molecule has 0 spiro atoms. The Morgan fingerprint density at radius 3 is 2.59 bits per heavy atom. The number of benzene rings is 2. The van der Waals surface area contributed by atoms with Crippen LogP contribution in [0.2, 0.25) is 0 Å². The number of anilines is 4. The number of non-ortho nitro benzene ring substituents is 1. The Labute approximate surface area is 194 Å². The number of para-hydroxylation sites is 1. The summed E-state index contributed by atoms with van der Waals surface area (Å²) in [5, 5.41) is 28.2. The van der Waals surface area contributed by atoms with Crippen LogP contribution in [0.15, 0.2) is 47.6 Å². The summed E-state index contributed by atoms with van der Waals surface area (Å²) in [7, 11) is 1.46. The molecule has 13 nitrogen and oxygen atoms in total. The molecular weight excluding hydrogens is 444 g/mol. The molecule has 1 fully saturated rings. The fourth-order valence-corrected chi connectivity index (χ4v) is 3.14. The Bertz CT molecular complexity index is 1180. The third-order valence-electron chi connectivity index (χ3n) is 4.87. The quantitative estimate of drug-likeness (QED) is 0.254. The van der Waals surface area contributed by atoms with Gasteiger partial charge in [0.1, 0.15) is 0 Å². The van der Waals surface area contributed by atoms with Crippen LogP contribution in [-0.4, -0.2) is 64.6 Å². The average Bonchev–Trinajstić information content (AvgIpc) is 2.86. The number of morpholine rings is 1. The van der Waals surface area contributed by atoms with Gasteiger partial charge in [0.2, 0.25) is 17.8 Å². The number of ether oxygens (including phenoxy) is 2. The van der Waals surface area contributed by atoms with Crippen LogP contribution in [0.5, 0.6) is 11.5 Å². The second-order valence-electron chi connectivity index (χ2n) is 7.08. The van der Waals surface area contributed by atoms with E-state index in [0.717, 1.165) is 0 Å². The molecule has 2 aromatic carbocycles.